The van der Waals surface area contributed by atoms with Crippen LogP contribution in [0, 0.1) is 0 Å². The molecule has 2 nitrogen and oxygen atoms in total. The van der Waals surface area contributed by atoms with Crippen molar-refractivity contribution in [3.63, 3.8) is 0 Å². The second kappa shape index (κ2) is 3.66. The topological polar surface area (TPSA) is 35.2 Å². The summed E-state index contributed by atoms with van der Waals surface area (Å²) in [5, 5.41) is 0.771. The summed E-state index contributed by atoms with van der Waals surface area (Å²) in [4.78, 5) is 0. The Kier molecular flexibility index (Phi) is 2.54. The van der Waals surface area contributed by atoms with Crippen molar-refractivity contribution in [2.45, 2.75) is 12.5 Å². The number of benzene rings is 1. The summed E-state index contributed by atoms with van der Waals surface area (Å²) in [6.07, 6.45) is 0.921. The van der Waals surface area contributed by atoms with Gasteiger partial charge in [-0.25, -0.2) is 0 Å². The number of ether oxygens (including phenoxy) is 1. The van der Waals surface area contributed by atoms with Gasteiger partial charge in [-0.3, -0.25) is 0 Å². The molecule has 0 aromatic heterocycles. The van der Waals surface area contributed by atoms with Crippen LogP contribution in [0.1, 0.15) is 17.2 Å². The molecule has 70 valence electrons. The Morgan fingerprint density at radius 1 is 1.54 bits per heavy atom. The molecule has 1 heterocycles. The molecule has 1 aliphatic rings. The maximum atomic E-state index is 6.08. The van der Waals surface area contributed by atoms with Gasteiger partial charge in [-0.2, -0.15) is 0 Å². The van der Waals surface area contributed by atoms with E-state index >= 15 is 0 Å². The summed E-state index contributed by atoms with van der Waals surface area (Å²) >= 11 is 6.08. The molecule has 1 aliphatic heterocycles. The van der Waals surface area contributed by atoms with Crippen LogP contribution in [0.5, 0.6) is 0 Å². The normalized spacial score (nSPS) is 21.2. The summed E-state index contributed by atoms with van der Waals surface area (Å²) in [7, 11) is 0. The van der Waals surface area contributed by atoms with Crippen molar-refractivity contribution in [3.05, 3.63) is 34.3 Å². The van der Waals surface area contributed by atoms with Crippen LogP contribution in [0.2, 0.25) is 5.02 Å². The SMILES string of the molecule is NC[C@H]1OCCc2cccc(Cl)c21. The fourth-order valence-corrected chi connectivity index (χ4v) is 2.06. The van der Waals surface area contributed by atoms with Gasteiger partial charge in [-0.15, -0.1) is 0 Å². The molecule has 0 spiro atoms. The second-order valence-corrected chi connectivity index (χ2v) is 3.56. The Bertz CT molecular complexity index is 314. The van der Waals surface area contributed by atoms with Crippen LogP contribution in [-0.4, -0.2) is 13.2 Å². The molecule has 1 aromatic rings. The number of halogens is 1. The molecule has 0 amide bonds. The predicted octanol–water partition coefficient (Wildman–Crippen LogP) is 1.91. The van der Waals surface area contributed by atoms with Crippen molar-refractivity contribution in [3.8, 4) is 0 Å². The van der Waals surface area contributed by atoms with Crippen molar-refractivity contribution in [2.75, 3.05) is 13.2 Å². The van der Waals surface area contributed by atoms with Crippen molar-refractivity contribution < 1.29 is 4.74 Å². The predicted molar refractivity (Wildman–Crippen MR) is 52.9 cm³/mol. The number of hydrogen-bond acceptors (Lipinski definition) is 2. The van der Waals surface area contributed by atoms with Gasteiger partial charge in [-0.05, 0) is 18.1 Å². The lowest BCUT2D eigenvalue weighted by Crippen LogP contribution is -2.23. The molecule has 2 N–H and O–H groups in total. The average Bonchev–Trinajstić information content (AvgIpc) is 2.17. The molecule has 0 fully saturated rings. The highest BCUT2D eigenvalue weighted by Gasteiger charge is 2.21. The van der Waals surface area contributed by atoms with Gasteiger partial charge >= 0.3 is 0 Å². The first-order chi connectivity index (χ1) is 6.33. The standard InChI is InChI=1S/C10H12ClNO/c11-8-3-1-2-7-4-5-13-9(6-12)10(7)8/h1-3,9H,4-6,12H2/t9-/m1/s1. The number of fused-ring (bicyclic) bond motifs is 1. The Balaban J connectivity index is 2.47. The minimum atomic E-state index is -0.0163. The molecule has 0 saturated heterocycles. The lowest BCUT2D eigenvalue weighted by Gasteiger charge is -2.25. The van der Waals surface area contributed by atoms with E-state index < -0.39 is 0 Å². The molecule has 0 unspecified atom stereocenters. The third-order valence-electron chi connectivity index (χ3n) is 2.37. The number of rotatable bonds is 1. The highest BCUT2D eigenvalue weighted by Crippen LogP contribution is 2.32. The fraction of sp³-hybridized carbons (Fsp3) is 0.400. The minimum Gasteiger partial charge on any atom is -0.372 e. The fourth-order valence-electron chi connectivity index (χ4n) is 1.74. The van der Waals surface area contributed by atoms with Gasteiger partial charge in [0.2, 0.25) is 0 Å². The average molecular weight is 198 g/mol. The van der Waals surface area contributed by atoms with E-state index in [1.54, 1.807) is 0 Å². The first-order valence-electron chi connectivity index (χ1n) is 4.42. The molecule has 0 saturated carbocycles. The van der Waals surface area contributed by atoms with E-state index in [0.717, 1.165) is 23.6 Å². The van der Waals surface area contributed by atoms with Gasteiger partial charge in [0.05, 0.1) is 12.7 Å². The van der Waals surface area contributed by atoms with Crippen LogP contribution in [0.15, 0.2) is 18.2 Å². The van der Waals surface area contributed by atoms with Crippen molar-refractivity contribution >= 4 is 11.6 Å². The summed E-state index contributed by atoms with van der Waals surface area (Å²) in [6.45, 7) is 1.24. The van der Waals surface area contributed by atoms with Crippen LogP contribution >= 0.6 is 11.6 Å². The Morgan fingerprint density at radius 2 is 2.38 bits per heavy atom. The molecular weight excluding hydrogens is 186 g/mol. The zero-order chi connectivity index (χ0) is 9.26. The van der Waals surface area contributed by atoms with Crippen molar-refractivity contribution in [1.82, 2.24) is 0 Å². The van der Waals surface area contributed by atoms with Crippen molar-refractivity contribution in [1.29, 1.82) is 0 Å². The van der Waals surface area contributed by atoms with E-state index in [1.165, 1.54) is 5.56 Å². The maximum absolute atomic E-state index is 6.08. The molecule has 2 rings (SSSR count). The Labute approximate surface area is 82.6 Å². The second-order valence-electron chi connectivity index (χ2n) is 3.16. The first kappa shape index (κ1) is 9.00. The molecule has 3 heteroatoms. The third kappa shape index (κ3) is 1.57. The van der Waals surface area contributed by atoms with Crippen LogP contribution < -0.4 is 5.73 Å². The van der Waals surface area contributed by atoms with E-state index in [0.29, 0.717) is 6.54 Å². The largest absolute Gasteiger partial charge is 0.372 e. The van der Waals surface area contributed by atoms with E-state index in [2.05, 4.69) is 6.07 Å². The maximum Gasteiger partial charge on any atom is 0.0964 e. The zero-order valence-corrected chi connectivity index (χ0v) is 8.05. The van der Waals surface area contributed by atoms with Gasteiger partial charge < -0.3 is 10.5 Å². The van der Waals surface area contributed by atoms with E-state index in [9.17, 15) is 0 Å². The van der Waals surface area contributed by atoms with Gasteiger partial charge in [0.1, 0.15) is 0 Å². The molecule has 1 aromatic carbocycles. The molecule has 0 bridgehead atoms. The van der Waals surface area contributed by atoms with Gasteiger partial charge in [0, 0.05) is 17.1 Å². The minimum absolute atomic E-state index is 0.0163. The van der Waals surface area contributed by atoms with Crippen LogP contribution in [0.25, 0.3) is 0 Å². The monoisotopic (exact) mass is 197 g/mol. The third-order valence-corrected chi connectivity index (χ3v) is 2.70. The van der Waals surface area contributed by atoms with Crippen LogP contribution in [0.4, 0.5) is 0 Å². The molecule has 0 radical (unpaired) electrons. The van der Waals surface area contributed by atoms with E-state index in [1.807, 2.05) is 12.1 Å². The van der Waals surface area contributed by atoms with Crippen molar-refractivity contribution in [2.24, 2.45) is 5.73 Å². The molecule has 1 atom stereocenters. The number of hydrogen-bond donors (Lipinski definition) is 1. The molecule has 13 heavy (non-hydrogen) atoms. The van der Waals surface area contributed by atoms with Gasteiger partial charge in [0.25, 0.3) is 0 Å². The Morgan fingerprint density at radius 3 is 3.15 bits per heavy atom. The smallest absolute Gasteiger partial charge is 0.0964 e. The van der Waals surface area contributed by atoms with Crippen LogP contribution in [0.3, 0.4) is 0 Å². The summed E-state index contributed by atoms with van der Waals surface area (Å²) in [6, 6.07) is 5.95. The van der Waals surface area contributed by atoms with E-state index in [-0.39, 0.29) is 6.10 Å². The van der Waals surface area contributed by atoms with E-state index in [4.69, 9.17) is 22.1 Å². The lowest BCUT2D eigenvalue weighted by atomic mass is 9.97. The molecule has 0 aliphatic carbocycles. The Hall–Kier alpha value is -0.570. The summed E-state index contributed by atoms with van der Waals surface area (Å²) in [5.41, 5.74) is 7.96. The van der Waals surface area contributed by atoms with Crippen LogP contribution in [-0.2, 0) is 11.2 Å². The first-order valence-corrected chi connectivity index (χ1v) is 4.79. The highest BCUT2D eigenvalue weighted by molar-refractivity contribution is 6.31. The molecular formula is C10H12ClNO. The lowest BCUT2D eigenvalue weighted by molar-refractivity contribution is 0.0486. The van der Waals surface area contributed by atoms with Gasteiger partial charge in [-0.1, -0.05) is 23.7 Å². The summed E-state index contributed by atoms with van der Waals surface area (Å²) < 4.78 is 5.52. The van der Waals surface area contributed by atoms with Gasteiger partial charge in [0.15, 0.2) is 0 Å². The quantitative estimate of drug-likeness (QED) is 0.747. The number of nitrogens with two attached hydrogens (primary N) is 1. The zero-order valence-electron chi connectivity index (χ0n) is 7.29. The highest BCUT2D eigenvalue weighted by atomic mass is 35.5. The summed E-state index contributed by atoms with van der Waals surface area (Å²) in [5.74, 6) is 0.